The van der Waals surface area contributed by atoms with Crippen LogP contribution in [-0.2, 0) is 20.9 Å². The van der Waals surface area contributed by atoms with Gasteiger partial charge in [0.05, 0.1) is 6.07 Å². The third-order valence-corrected chi connectivity index (χ3v) is 5.94. The van der Waals surface area contributed by atoms with Crippen molar-refractivity contribution in [1.29, 1.82) is 5.26 Å². The molecule has 0 aromatic heterocycles. The molecule has 0 saturated heterocycles. The number of amides is 3. The van der Waals surface area contributed by atoms with Gasteiger partial charge < -0.3 is 20.3 Å². The largest absolute Gasteiger partial charge is 0.444 e. The summed E-state index contributed by atoms with van der Waals surface area (Å²) in [7, 11) is 0. The zero-order chi connectivity index (χ0) is 27.6. The molecule has 3 unspecified atom stereocenters. The Kier molecular flexibility index (Phi) is 10.7. The first kappa shape index (κ1) is 29.4. The number of carbonyl (C=O) groups excluding carboxylic acids is 3. The van der Waals surface area contributed by atoms with Gasteiger partial charge in [-0.3, -0.25) is 9.59 Å². The molecular formula is C29H38N4O4. The summed E-state index contributed by atoms with van der Waals surface area (Å²) >= 11 is 0. The van der Waals surface area contributed by atoms with Gasteiger partial charge in [0.1, 0.15) is 24.2 Å². The molecule has 8 heteroatoms. The molecule has 0 saturated carbocycles. The predicted octanol–water partition coefficient (Wildman–Crippen LogP) is 4.64. The monoisotopic (exact) mass is 506 g/mol. The molecule has 3 atom stereocenters. The SMILES string of the molecule is CCC(C)C(NC(=O)OC(C)(C)C)C(=O)N(CC#N)C(C(=O)NCc1ccccc1)c1ccc(C)cc1. The molecule has 0 fully saturated rings. The lowest BCUT2D eigenvalue weighted by Crippen LogP contribution is -2.55. The summed E-state index contributed by atoms with van der Waals surface area (Å²) in [5.74, 6) is -1.22. The minimum Gasteiger partial charge on any atom is -0.444 e. The van der Waals surface area contributed by atoms with Gasteiger partial charge in [-0.1, -0.05) is 80.4 Å². The van der Waals surface area contributed by atoms with E-state index in [0.29, 0.717) is 12.0 Å². The Bertz CT molecular complexity index is 1090. The summed E-state index contributed by atoms with van der Waals surface area (Å²) in [6.07, 6.45) is -0.148. The summed E-state index contributed by atoms with van der Waals surface area (Å²) in [6, 6.07) is 16.7. The summed E-state index contributed by atoms with van der Waals surface area (Å²) in [5.41, 5.74) is 1.72. The standard InChI is InChI=1S/C29H38N4O4/c1-7-21(3)24(32-28(36)37-29(4,5)6)27(35)33(18-17-30)25(23-15-13-20(2)14-16-23)26(34)31-19-22-11-9-8-10-12-22/h8-16,21,24-25H,7,18-19H2,1-6H3,(H,31,34)(H,32,36). The number of rotatable bonds is 10. The van der Waals surface area contributed by atoms with Crippen LogP contribution in [0.25, 0.3) is 0 Å². The molecule has 0 aliphatic carbocycles. The number of ether oxygens (including phenoxy) is 1. The van der Waals surface area contributed by atoms with Gasteiger partial charge in [-0.25, -0.2) is 4.79 Å². The number of nitrogens with zero attached hydrogens (tertiary/aromatic N) is 2. The molecule has 2 rings (SSSR count). The summed E-state index contributed by atoms with van der Waals surface area (Å²) in [4.78, 5) is 41.3. The molecule has 37 heavy (non-hydrogen) atoms. The molecule has 2 aromatic rings. The van der Waals surface area contributed by atoms with Gasteiger partial charge in [0, 0.05) is 6.54 Å². The third kappa shape index (κ3) is 8.94. The van der Waals surface area contributed by atoms with Gasteiger partial charge in [0.25, 0.3) is 0 Å². The second-order valence-electron chi connectivity index (χ2n) is 10.2. The first-order valence-corrected chi connectivity index (χ1v) is 12.5. The number of nitriles is 1. The molecule has 0 spiro atoms. The highest BCUT2D eigenvalue weighted by Crippen LogP contribution is 2.25. The topological polar surface area (TPSA) is 112 Å². The molecule has 8 nitrogen and oxygen atoms in total. The van der Waals surface area contributed by atoms with Crippen LogP contribution in [0.5, 0.6) is 0 Å². The van der Waals surface area contributed by atoms with Crippen LogP contribution in [0.1, 0.15) is 63.8 Å². The van der Waals surface area contributed by atoms with E-state index < -0.39 is 35.6 Å². The molecule has 0 radical (unpaired) electrons. The quantitative estimate of drug-likeness (QED) is 0.456. The molecule has 198 valence electrons. The van der Waals surface area contributed by atoms with Crippen LogP contribution in [0.4, 0.5) is 4.79 Å². The molecule has 0 heterocycles. The number of hydrogen-bond acceptors (Lipinski definition) is 5. The van der Waals surface area contributed by atoms with Crippen LogP contribution in [0.3, 0.4) is 0 Å². The van der Waals surface area contributed by atoms with E-state index >= 15 is 0 Å². The van der Waals surface area contributed by atoms with Gasteiger partial charge in [0.15, 0.2) is 0 Å². The van der Waals surface area contributed by atoms with E-state index in [4.69, 9.17) is 4.74 Å². The van der Waals surface area contributed by atoms with Crippen molar-refractivity contribution >= 4 is 17.9 Å². The maximum Gasteiger partial charge on any atom is 0.408 e. The maximum absolute atomic E-state index is 13.9. The van der Waals surface area contributed by atoms with Crippen molar-refractivity contribution in [3.05, 3.63) is 71.3 Å². The predicted molar refractivity (Wildman–Crippen MR) is 142 cm³/mol. The molecule has 3 amide bonds. The number of benzene rings is 2. The minimum absolute atomic E-state index is 0.265. The van der Waals surface area contributed by atoms with Gasteiger partial charge in [-0.2, -0.15) is 5.26 Å². The Morgan fingerprint density at radius 3 is 2.22 bits per heavy atom. The zero-order valence-electron chi connectivity index (χ0n) is 22.6. The summed E-state index contributed by atoms with van der Waals surface area (Å²) in [5, 5.41) is 15.2. The average Bonchev–Trinajstić information content (AvgIpc) is 2.85. The second-order valence-corrected chi connectivity index (χ2v) is 10.2. The lowest BCUT2D eigenvalue weighted by molar-refractivity contribution is -0.142. The van der Waals surface area contributed by atoms with Crippen LogP contribution in [0.2, 0.25) is 0 Å². The highest BCUT2D eigenvalue weighted by Gasteiger charge is 2.38. The Morgan fingerprint density at radius 2 is 1.68 bits per heavy atom. The van der Waals surface area contributed by atoms with Crippen molar-refractivity contribution in [3.8, 4) is 6.07 Å². The van der Waals surface area contributed by atoms with Crippen LogP contribution in [-0.4, -0.2) is 41.0 Å². The van der Waals surface area contributed by atoms with Crippen molar-refractivity contribution < 1.29 is 19.1 Å². The Hall–Kier alpha value is -3.86. The first-order valence-electron chi connectivity index (χ1n) is 12.5. The van der Waals surface area contributed by atoms with E-state index in [1.54, 1.807) is 32.9 Å². The number of nitrogens with one attached hydrogen (secondary N) is 2. The summed E-state index contributed by atoms with van der Waals surface area (Å²) < 4.78 is 5.38. The van der Waals surface area contributed by atoms with E-state index in [1.807, 2.05) is 69.3 Å². The van der Waals surface area contributed by atoms with Gasteiger partial charge in [0.2, 0.25) is 11.8 Å². The number of carbonyl (C=O) groups is 3. The Morgan fingerprint density at radius 1 is 1.05 bits per heavy atom. The Labute approximate surface area is 220 Å². The fraction of sp³-hybridized carbons (Fsp3) is 0.448. The molecule has 0 aliphatic heterocycles. The lowest BCUT2D eigenvalue weighted by Gasteiger charge is -2.34. The second kappa shape index (κ2) is 13.4. The van der Waals surface area contributed by atoms with Crippen LogP contribution >= 0.6 is 0 Å². The van der Waals surface area contributed by atoms with Crippen molar-refractivity contribution in [2.24, 2.45) is 5.92 Å². The number of alkyl carbamates (subject to hydrolysis) is 1. The molecule has 0 bridgehead atoms. The molecule has 0 aliphatic rings. The normalized spacial score (nSPS) is 13.4. The fourth-order valence-corrected chi connectivity index (χ4v) is 3.77. The highest BCUT2D eigenvalue weighted by atomic mass is 16.6. The molecule has 2 N–H and O–H groups in total. The Balaban J connectivity index is 2.44. The van der Waals surface area contributed by atoms with E-state index in [2.05, 4.69) is 10.6 Å². The van der Waals surface area contributed by atoms with Crippen molar-refractivity contribution in [2.75, 3.05) is 6.54 Å². The fourth-order valence-electron chi connectivity index (χ4n) is 3.77. The third-order valence-electron chi connectivity index (χ3n) is 5.94. The van der Waals surface area contributed by atoms with E-state index in [9.17, 15) is 19.6 Å². The van der Waals surface area contributed by atoms with Crippen molar-refractivity contribution in [3.63, 3.8) is 0 Å². The first-order chi connectivity index (χ1) is 17.5. The minimum atomic E-state index is -1.07. The number of hydrogen-bond donors (Lipinski definition) is 2. The van der Waals surface area contributed by atoms with Gasteiger partial charge in [-0.15, -0.1) is 0 Å². The lowest BCUT2D eigenvalue weighted by atomic mass is 9.95. The number of aryl methyl sites for hydroxylation is 1. The van der Waals surface area contributed by atoms with Gasteiger partial charge in [-0.05, 0) is 44.7 Å². The highest BCUT2D eigenvalue weighted by molar-refractivity contribution is 5.92. The van der Waals surface area contributed by atoms with Crippen molar-refractivity contribution in [2.45, 2.75) is 72.2 Å². The van der Waals surface area contributed by atoms with E-state index in [1.165, 1.54) is 4.90 Å². The van der Waals surface area contributed by atoms with E-state index in [0.717, 1.165) is 11.1 Å². The zero-order valence-corrected chi connectivity index (χ0v) is 22.6. The molecule has 2 aromatic carbocycles. The van der Waals surface area contributed by atoms with Gasteiger partial charge >= 0.3 is 6.09 Å². The van der Waals surface area contributed by atoms with Crippen LogP contribution in [0, 0.1) is 24.2 Å². The average molecular weight is 507 g/mol. The summed E-state index contributed by atoms with van der Waals surface area (Å²) in [6.45, 7) is 10.8. The maximum atomic E-state index is 13.9. The van der Waals surface area contributed by atoms with Crippen molar-refractivity contribution in [1.82, 2.24) is 15.5 Å². The van der Waals surface area contributed by atoms with E-state index in [-0.39, 0.29) is 19.0 Å². The molecular weight excluding hydrogens is 468 g/mol. The van der Waals surface area contributed by atoms with Crippen LogP contribution in [0.15, 0.2) is 54.6 Å². The smallest absolute Gasteiger partial charge is 0.408 e. The van der Waals surface area contributed by atoms with Crippen LogP contribution < -0.4 is 10.6 Å².